The summed E-state index contributed by atoms with van der Waals surface area (Å²) in [5.41, 5.74) is 0. The molecule has 1 amide bonds. The van der Waals surface area contributed by atoms with Crippen molar-refractivity contribution in [1.29, 1.82) is 0 Å². The number of aromatic nitrogens is 2. The Morgan fingerprint density at radius 2 is 2.24 bits per heavy atom. The number of nitrogens with one attached hydrogen (secondary N) is 2. The third kappa shape index (κ3) is 3.70. The summed E-state index contributed by atoms with van der Waals surface area (Å²) < 4.78 is 31.9. The lowest BCUT2D eigenvalue weighted by Gasteiger charge is -2.12. The van der Waals surface area contributed by atoms with Gasteiger partial charge in [0.15, 0.2) is 5.76 Å². The van der Waals surface area contributed by atoms with Crippen LogP contribution in [0.3, 0.4) is 0 Å². The van der Waals surface area contributed by atoms with Crippen molar-refractivity contribution in [2.75, 3.05) is 7.05 Å². The first-order valence-electron chi connectivity index (χ1n) is 6.24. The minimum Gasteiger partial charge on any atom is -0.438 e. The highest BCUT2D eigenvalue weighted by molar-refractivity contribution is 7.89. The van der Waals surface area contributed by atoms with Gasteiger partial charge in [-0.05, 0) is 32.2 Å². The topological polar surface area (TPSA) is 106 Å². The summed E-state index contributed by atoms with van der Waals surface area (Å²) in [7, 11) is -2.42. The van der Waals surface area contributed by atoms with Crippen LogP contribution >= 0.6 is 0 Å². The minimum absolute atomic E-state index is 0.0591. The Kier molecular flexibility index (Phi) is 4.43. The van der Waals surface area contributed by atoms with Crippen LogP contribution in [0, 0.1) is 0 Å². The van der Waals surface area contributed by atoms with Crippen molar-refractivity contribution in [3.8, 4) is 0 Å². The minimum atomic E-state index is -3.69. The van der Waals surface area contributed by atoms with Crippen molar-refractivity contribution in [3.05, 3.63) is 36.4 Å². The number of amides is 1. The summed E-state index contributed by atoms with van der Waals surface area (Å²) in [6.45, 7) is 2.31. The van der Waals surface area contributed by atoms with Crippen LogP contribution in [0.25, 0.3) is 0 Å². The van der Waals surface area contributed by atoms with Gasteiger partial charge < -0.3 is 9.73 Å². The maximum atomic E-state index is 12.0. The molecule has 114 valence electrons. The number of nitrogens with zero attached hydrogens (tertiary/aromatic N) is 2. The molecule has 2 N–H and O–H groups in total. The maximum Gasteiger partial charge on any atom is 0.287 e. The van der Waals surface area contributed by atoms with Crippen LogP contribution in [0.2, 0.25) is 0 Å². The highest BCUT2D eigenvalue weighted by Gasteiger charge is 2.20. The highest BCUT2D eigenvalue weighted by atomic mass is 32.2. The Morgan fingerprint density at radius 3 is 2.86 bits per heavy atom. The summed E-state index contributed by atoms with van der Waals surface area (Å²) >= 11 is 0. The number of furan rings is 1. The molecule has 0 aliphatic carbocycles. The Morgan fingerprint density at radius 1 is 1.48 bits per heavy atom. The summed E-state index contributed by atoms with van der Waals surface area (Å²) in [5.74, 6) is -0.539. The second kappa shape index (κ2) is 6.10. The van der Waals surface area contributed by atoms with E-state index in [1.54, 1.807) is 23.1 Å². The fourth-order valence-corrected chi connectivity index (χ4v) is 2.36. The SMILES string of the molecule is CNS(=O)(=O)c1ccc(C(=O)N[C@@H](C)Cn2cccn2)o1. The molecule has 0 aliphatic heterocycles. The van der Waals surface area contributed by atoms with Crippen molar-refractivity contribution in [3.63, 3.8) is 0 Å². The highest BCUT2D eigenvalue weighted by Crippen LogP contribution is 2.13. The van der Waals surface area contributed by atoms with Gasteiger partial charge in [-0.15, -0.1) is 0 Å². The van der Waals surface area contributed by atoms with Crippen LogP contribution in [-0.4, -0.2) is 37.2 Å². The van der Waals surface area contributed by atoms with Gasteiger partial charge in [0.05, 0.1) is 6.54 Å². The number of hydrogen-bond acceptors (Lipinski definition) is 5. The van der Waals surface area contributed by atoms with E-state index in [0.29, 0.717) is 6.54 Å². The number of carbonyl (C=O) groups excluding carboxylic acids is 1. The van der Waals surface area contributed by atoms with Gasteiger partial charge in [-0.1, -0.05) is 0 Å². The van der Waals surface area contributed by atoms with Crippen molar-refractivity contribution in [2.45, 2.75) is 24.6 Å². The third-order valence-corrected chi connectivity index (χ3v) is 4.02. The van der Waals surface area contributed by atoms with E-state index >= 15 is 0 Å². The molecule has 0 saturated carbocycles. The van der Waals surface area contributed by atoms with Gasteiger partial charge in [-0.2, -0.15) is 5.10 Å². The maximum absolute atomic E-state index is 12.0. The van der Waals surface area contributed by atoms with Crippen LogP contribution in [0.1, 0.15) is 17.5 Å². The molecule has 1 atom stereocenters. The summed E-state index contributed by atoms with van der Waals surface area (Å²) in [6, 6.07) is 4.15. The first-order chi connectivity index (χ1) is 9.92. The largest absolute Gasteiger partial charge is 0.438 e. The lowest BCUT2D eigenvalue weighted by atomic mass is 10.3. The van der Waals surface area contributed by atoms with E-state index in [0.717, 1.165) is 0 Å². The predicted octanol–water partition coefficient (Wildman–Crippen LogP) is 0.203. The van der Waals surface area contributed by atoms with Crippen LogP contribution in [-0.2, 0) is 16.6 Å². The monoisotopic (exact) mass is 312 g/mol. The van der Waals surface area contributed by atoms with E-state index in [2.05, 4.69) is 15.1 Å². The lowest BCUT2D eigenvalue weighted by Crippen LogP contribution is -2.35. The Hall–Kier alpha value is -2.13. The first kappa shape index (κ1) is 15.3. The summed E-state index contributed by atoms with van der Waals surface area (Å²) in [4.78, 5) is 12.0. The molecule has 0 saturated heterocycles. The van der Waals surface area contributed by atoms with E-state index in [9.17, 15) is 13.2 Å². The number of carbonyl (C=O) groups is 1. The second-order valence-electron chi connectivity index (χ2n) is 4.43. The Bertz CT molecular complexity index is 705. The van der Waals surface area contributed by atoms with Gasteiger partial charge in [0.25, 0.3) is 15.9 Å². The normalized spacial score (nSPS) is 13.0. The van der Waals surface area contributed by atoms with Gasteiger partial charge in [0.1, 0.15) is 0 Å². The molecule has 0 bridgehead atoms. The summed E-state index contributed by atoms with van der Waals surface area (Å²) in [6.07, 6.45) is 3.43. The molecule has 9 heteroatoms. The smallest absolute Gasteiger partial charge is 0.287 e. The van der Waals surface area contributed by atoms with Gasteiger partial charge in [0.2, 0.25) is 5.09 Å². The van der Waals surface area contributed by atoms with E-state index in [-0.39, 0.29) is 16.9 Å². The molecule has 2 aromatic heterocycles. The zero-order chi connectivity index (χ0) is 15.5. The van der Waals surface area contributed by atoms with E-state index in [1.165, 1.54) is 19.2 Å². The molecule has 21 heavy (non-hydrogen) atoms. The molecule has 0 radical (unpaired) electrons. The fourth-order valence-electron chi connectivity index (χ4n) is 1.72. The number of sulfonamides is 1. The van der Waals surface area contributed by atoms with E-state index < -0.39 is 15.9 Å². The zero-order valence-corrected chi connectivity index (χ0v) is 12.4. The Balaban J connectivity index is 2.00. The predicted molar refractivity (Wildman–Crippen MR) is 74.1 cm³/mol. The molecule has 0 spiro atoms. The Labute approximate surface area is 122 Å². The first-order valence-corrected chi connectivity index (χ1v) is 7.72. The fraction of sp³-hybridized carbons (Fsp3) is 0.333. The molecule has 8 nitrogen and oxygen atoms in total. The molecular weight excluding hydrogens is 296 g/mol. The zero-order valence-electron chi connectivity index (χ0n) is 11.6. The van der Waals surface area contributed by atoms with Crippen LogP contribution < -0.4 is 10.0 Å². The molecule has 2 heterocycles. The van der Waals surface area contributed by atoms with Gasteiger partial charge in [0, 0.05) is 18.4 Å². The van der Waals surface area contributed by atoms with Gasteiger partial charge in [-0.25, -0.2) is 13.1 Å². The average molecular weight is 312 g/mol. The van der Waals surface area contributed by atoms with Crippen molar-refractivity contribution < 1.29 is 17.6 Å². The molecular formula is C12H16N4O4S. The summed E-state index contributed by atoms with van der Waals surface area (Å²) in [5, 5.41) is 6.45. The van der Waals surface area contributed by atoms with Gasteiger partial charge >= 0.3 is 0 Å². The quantitative estimate of drug-likeness (QED) is 0.792. The van der Waals surface area contributed by atoms with E-state index in [1.807, 2.05) is 6.92 Å². The van der Waals surface area contributed by atoms with E-state index in [4.69, 9.17) is 4.42 Å². The molecule has 0 aromatic carbocycles. The standard InChI is InChI=1S/C12H16N4O4S/c1-9(8-16-7-3-6-14-16)15-12(17)10-4-5-11(20-10)21(18,19)13-2/h3-7,9,13H,8H2,1-2H3,(H,15,17)/t9-/m0/s1. The number of hydrogen-bond donors (Lipinski definition) is 2. The third-order valence-electron chi connectivity index (χ3n) is 2.74. The number of rotatable bonds is 6. The average Bonchev–Trinajstić information content (AvgIpc) is 3.09. The second-order valence-corrected chi connectivity index (χ2v) is 6.25. The van der Waals surface area contributed by atoms with Crippen molar-refractivity contribution in [2.24, 2.45) is 0 Å². The molecule has 0 aliphatic rings. The van der Waals surface area contributed by atoms with Crippen LogP contribution in [0.4, 0.5) is 0 Å². The van der Waals surface area contributed by atoms with Crippen LogP contribution in [0.5, 0.6) is 0 Å². The molecule has 2 rings (SSSR count). The molecule has 2 aromatic rings. The molecule has 0 fully saturated rings. The van der Waals surface area contributed by atoms with Crippen molar-refractivity contribution >= 4 is 15.9 Å². The molecule has 0 unspecified atom stereocenters. The van der Waals surface area contributed by atoms with Crippen molar-refractivity contribution in [1.82, 2.24) is 19.8 Å². The van der Waals surface area contributed by atoms with Gasteiger partial charge in [-0.3, -0.25) is 9.48 Å². The lowest BCUT2D eigenvalue weighted by molar-refractivity contribution is 0.0902. The van der Waals surface area contributed by atoms with Crippen LogP contribution in [0.15, 0.2) is 40.1 Å².